The fourth-order valence-corrected chi connectivity index (χ4v) is 2.87. The second-order valence-electron chi connectivity index (χ2n) is 5.24. The van der Waals surface area contributed by atoms with E-state index in [-0.39, 0.29) is 11.9 Å². The van der Waals surface area contributed by atoms with Gasteiger partial charge in [-0.05, 0) is 64.6 Å². The molecule has 0 aromatic heterocycles. The predicted molar refractivity (Wildman–Crippen MR) is 90.1 cm³/mol. The number of aryl methyl sites for hydroxylation is 1. The van der Waals surface area contributed by atoms with Gasteiger partial charge in [0, 0.05) is 0 Å². The van der Waals surface area contributed by atoms with Gasteiger partial charge in [0.1, 0.15) is 5.82 Å². The third-order valence-electron chi connectivity index (χ3n) is 3.70. The van der Waals surface area contributed by atoms with Gasteiger partial charge in [-0.25, -0.2) is 4.39 Å². The van der Waals surface area contributed by atoms with E-state index < -0.39 is 0 Å². The summed E-state index contributed by atoms with van der Waals surface area (Å²) in [6.07, 6.45) is 3.56. The quantitative estimate of drug-likeness (QED) is 0.751. The summed E-state index contributed by atoms with van der Waals surface area (Å²) in [7, 11) is 1.92. The zero-order valence-corrected chi connectivity index (χ0v) is 14.1. The highest BCUT2D eigenvalue weighted by molar-refractivity contribution is 9.10. The topological polar surface area (TPSA) is 12.0 Å². The fraction of sp³-hybridized carbons (Fsp3) is 0.333. The largest absolute Gasteiger partial charge is 0.309 e. The zero-order chi connectivity index (χ0) is 15.2. The average Bonchev–Trinajstić information content (AvgIpc) is 2.50. The highest BCUT2D eigenvalue weighted by atomic mass is 79.9. The molecule has 0 radical (unpaired) electrons. The lowest BCUT2D eigenvalue weighted by Crippen LogP contribution is -2.17. The SMILES string of the molecule is CCCCc1ccc(C(NC)c2ccc(F)c(Br)c2)cc1. The molecule has 0 aliphatic carbocycles. The normalized spacial score (nSPS) is 12.4. The van der Waals surface area contributed by atoms with Crippen LogP contribution in [0.15, 0.2) is 46.9 Å². The lowest BCUT2D eigenvalue weighted by Gasteiger charge is -2.18. The molecule has 0 aliphatic rings. The van der Waals surface area contributed by atoms with E-state index in [1.807, 2.05) is 19.2 Å². The van der Waals surface area contributed by atoms with E-state index in [1.54, 1.807) is 0 Å². The molecule has 3 heteroatoms. The molecule has 21 heavy (non-hydrogen) atoms. The van der Waals surface area contributed by atoms with Gasteiger partial charge in [0.25, 0.3) is 0 Å². The zero-order valence-electron chi connectivity index (χ0n) is 12.5. The standard InChI is InChI=1S/C18H21BrFN/c1-3-4-5-13-6-8-14(9-7-13)18(21-2)15-10-11-17(20)16(19)12-15/h6-12,18,21H,3-5H2,1-2H3. The second-order valence-corrected chi connectivity index (χ2v) is 6.09. The van der Waals surface area contributed by atoms with E-state index >= 15 is 0 Å². The van der Waals surface area contributed by atoms with Crippen LogP contribution in [-0.2, 0) is 6.42 Å². The van der Waals surface area contributed by atoms with Crippen molar-refractivity contribution in [1.29, 1.82) is 0 Å². The van der Waals surface area contributed by atoms with E-state index in [9.17, 15) is 4.39 Å². The van der Waals surface area contributed by atoms with Crippen molar-refractivity contribution in [1.82, 2.24) is 5.32 Å². The summed E-state index contributed by atoms with van der Waals surface area (Å²) in [4.78, 5) is 0. The van der Waals surface area contributed by atoms with Crippen LogP contribution in [0.3, 0.4) is 0 Å². The molecule has 2 aromatic rings. The number of benzene rings is 2. The Morgan fingerprint density at radius 1 is 1.10 bits per heavy atom. The molecule has 0 heterocycles. The Hall–Kier alpha value is -1.19. The molecular formula is C18H21BrFN. The molecule has 2 rings (SSSR count). The van der Waals surface area contributed by atoms with E-state index in [4.69, 9.17) is 0 Å². The van der Waals surface area contributed by atoms with Crippen molar-refractivity contribution in [3.63, 3.8) is 0 Å². The monoisotopic (exact) mass is 349 g/mol. The van der Waals surface area contributed by atoms with Crippen molar-refractivity contribution < 1.29 is 4.39 Å². The highest BCUT2D eigenvalue weighted by Gasteiger charge is 2.13. The van der Waals surface area contributed by atoms with Crippen LogP contribution in [0.5, 0.6) is 0 Å². The maximum atomic E-state index is 13.4. The van der Waals surface area contributed by atoms with Gasteiger partial charge in [-0.3, -0.25) is 0 Å². The third kappa shape index (κ3) is 4.14. The lowest BCUT2D eigenvalue weighted by atomic mass is 9.97. The molecule has 0 bridgehead atoms. The molecule has 0 amide bonds. The minimum Gasteiger partial charge on any atom is -0.309 e. The Morgan fingerprint density at radius 2 is 1.76 bits per heavy atom. The van der Waals surface area contributed by atoms with Gasteiger partial charge in [-0.15, -0.1) is 0 Å². The first-order valence-corrected chi connectivity index (χ1v) is 8.16. The number of nitrogens with one attached hydrogen (secondary N) is 1. The first-order valence-electron chi connectivity index (χ1n) is 7.36. The summed E-state index contributed by atoms with van der Waals surface area (Å²) < 4.78 is 13.9. The van der Waals surface area contributed by atoms with Crippen LogP contribution in [0.1, 0.15) is 42.5 Å². The van der Waals surface area contributed by atoms with Gasteiger partial charge in [-0.1, -0.05) is 43.7 Å². The Bertz CT molecular complexity index is 580. The van der Waals surface area contributed by atoms with E-state index in [1.165, 1.54) is 30.0 Å². The van der Waals surface area contributed by atoms with Crippen LogP contribution in [0.4, 0.5) is 4.39 Å². The maximum absolute atomic E-state index is 13.4. The summed E-state index contributed by atoms with van der Waals surface area (Å²) in [6.45, 7) is 2.21. The number of hydrogen-bond donors (Lipinski definition) is 1. The minimum absolute atomic E-state index is 0.0714. The Morgan fingerprint density at radius 3 is 2.33 bits per heavy atom. The molecule has 2 aromatic carbocycles. The Labute approximate surface area is 134 Å². The molecule has 1 N–H and O–H groups in total. The lowest BCUT2D eigenvalue weighted by molar-refractivity contribution is 0.616. The van der Waals surface area contributed by atoms with Gasteiger partial charge in [-0.2, -0.15) is 0 Å². The van der Waals surface area contributed by atoms with Gasteiger partial charge >= 0.3 is 0 Å². The van der Waals surface area contributed by atoms with E-state index in [0.29, 0.717) is 4.47 Å². The predicted octanol–water partition coefficient (Wildman–Crippen LogP) is 5.24. The maximum Gasteiger partial charge on any atom is 0.137 e. The molecule has 0 aliphatic heterocycles. The van der Waals surface area contributed by atoms with Crippen LogP contribution in [-0.4, -0.2) is 7.05 Å². The summed E-state index contributed by atoms with van der Waals surface area (Å²) in [5.74, 6) is -0.233. The molecule has 0 saturated carbocycles. The van der Waals surface area contributed by atoms with Crippen LogP contribution >= 0.6 is 15.9 Å². The number of unbranched alkanes of at least 4 members (excludes halogenated alkanes) is 1. The first-order chi connectivity index (χ1) is 10.2. The first kappa shape index (κ1) is 16.2. The van der Waals surface area contributed by atoms with Gasteiger partial charge in [0.15, 0.2) is 0 Å². The van der Waals surface area contributed by atoms with Crippen molar-refractivity contribution in [2.24, 2.45) is 0 Å². The summed E-state index contributed by atoms with van der Waals surface area (Å²) >= 11 is 3.25. The number of hydrogen-bond acceptors (Lipinski definition) is 1. The third-order valence-corrected chi connectivity index (χ3v) is 4.31. The van der Waals surface area contributed by atoms with Crippen molar-refractivity contribution in [3.8, 4) is 0 Å². The van der Waals surface area contributed by atoms with E-state index in [0.717, 1.165) is 12.0 Å². The number of rotatable bonds is 6. The van der Waals surface area contributed by atoms with Gasteiger partial charge in [0.05, 0.1) is 10.5 Å². The molecule has 0 saturated heterocycles. The molecule has 0 fully saturated rings. The van der Waals surface area contributed by atoms with Crippen molar-refractivity contribution in [2.45, 2.75) is 32.2 Å². The molecule has 1 nitrogen and oxygen atoms in total. The highest BCUT2D eigenvalue weighted by Crippen LogP contribution is 2.26. The summed E-state index contributed by atoms with van der Waals surface area (Å²) in [6, 6.07) is 13.9. The van der Waals surface area contributed by atoms with Gasteiger partial charge in [0.2, 0.25) is 0 Å². The summed E-state index contributed by atoms with van der Waals surface area (Å²) in [5, 5.41) is 3.30. The molecule has 112 valence electrons. The smallest absolute Gasteiger partial charge is 0.137 e. The van der Waals surface area contributed by atoms with E-state index in [2.05, 4.69) is 52.4 Å². The second kappa shape index (κ2) is 7.71. The average molecular weight is 350 g/mol. The van der Waals surface area contributed by atoms with Crippen LogP contribution in [0.25, 0.3) is 0 Å². The van der Waals surface area contributed by atoms with Crippen molar-refractivity contribution >= 4 is 15.9 Å². The summed E-state index contributed by atoms with van der Waals surface area (Å²) in [5.41, 5.74) is 3.61. The van der Waals surface area contributed by atoms with Crippen LogP contribution < -0.4 is 5.32 Å². The van der Waals surface area contributed by atoms with Crippen LogP contribution in [0, 0.1) is 5.82 Å². The Balaban J connectivity index is 2.22. The molecule has 0 spiro atoms. The molecular weight excluding hydrogens is 329 g/mol. The molecule has 1 atom stereocenters. The van der Waals surface area contributed by atoms with Crippen LogP contribution in [0.2, 0.25) is 0 Å². The fourth-order valence-electron chi connectivity index (χ4n) is 2.48. The van der Waals surface area contributed by atoms with Gasteiger partial charge < -0.3 is 5.32 Å². The molecule has 1 unspecified atom stereocenters. The Kier molecular flexibility index (Phi) is 5.95. The van der Waals surface area contributed by atoms with Crippen molar-refractivity contribution in [2.75, 3.05) is 7.05 Å². The number of halogens is 2. The minimum atomic E-state index is -0.233. The van der Waals surface area contributed by atoms with Crippen molar-refractivity contribution in [3.05, 3.63) is 69.4 Å².